The Kier molecular flexibility index (Phi) is 5.13. The van der Waals surface area contributed by atoms with E-state index in [1.807, 2.05) is 54.1 Å². The maximum atomic E-state index is 12.2. The van der Waals surface area contributed by atoms with Gasteiger partial charge in [-0.15, -0.1) is 11.3 Å². The van der Waals surface area contributed by atoms with Crippen LogP contribution in [0, 0.1) is 6.92 Å². The lowest BCUT2D eigenvalue weighted by molar-refractivity contribution is 0.572. The first-order valence-corrected chi connectivity index (χ1v) is 9.99. The highest BCUT2D eigenvalue weighted by Gasteiger charge is 2.15. The van der Waals surface area contributed by atoms with Gasteiger partial charge in [0.05, 0.1) is 0 Å². The molecular weight excluding hydrogens is 342 g/mol. The Morgan fingerprint density at radius 1 is 1.17 bits per heavy atom. The molecule has 2 aromatic heterocycles. The molecule has 3 rings (SSSR count). The predicted molar refractivity (Wildman–Crippen MR) is 96.5 cm³/mol. The van der Waals surface area contributed by atoms with Crippen LogP contribution in [0.3, 0.4) is 0 Å². The van der Waals surface area contributed by atoms with E-state index in [4.69, 9.17) is 0 Å². The van der Waals surface area contributed by atoms with Gasteiger partial charge in [-0.3, -0.25) is 0 Å². The number of aromatic nitrogens is 2. The van der Waals surface area contributed by atoms with Crippen LogP contribution < -0.4 is 4.72 Å². The highest BCUT2D eigenvalue weighted by Crippen LogP contribution is 2.20. The van der Waals surface area contributed by atoms with Crippen LogP contribution in [0.4, 0.5) is 0 Å². The fraction of sp³-hybridized carbons (Fsp3) is 0.235. The second-order valence-electron chi connectivity index (χ2n) is 5.43. The SMILES string of the molecule is Cc1ccc(S(=O)(=O)NCCCn2ccnc2-c2ccccc2)s1. The summed E-state index contributed by atoms with van der Waals surface area (Å²) in [5.74, 6) is 0.896. The standard InChI is InChI=1S/C17H19N3O2S2/c1-14-8-9-16(23-14)24(21,22)19-10-5-12-20-13-11-18-17(20)15-6-3-2-4-7-15/h2-4,6-9,11,13,19H,5,10,12H2,1H3. The van der Waals surface area contributed by atoms with Gasteiger partial charge in [-0.05, 0) is 25.5 Å². The molecule has 0 aliphatic heterocycles. The molecule has 0 bridgehead atoms. The molecule has 0 atom stereocenters. The van der Waals surface area contributed by atoms with Crippen LogP contribution in [0.1, 0.15) is 11.3 Å². The molecule has 0 saturated heterocycles. The molecule has 2 heterocycles. The van der Waals surface area contributed by atoms with Crippen molar-refractivity contribution >= 4 is 21.4 Å². The molecule has 0 spiro atoms. The summed E-state index contributed by atoms with van der Waals surface area (Å²) >= 11 is 1.28. The fourth-order valence-corrected chi connectivity index (χ4v) is 4.82. The number of nitrogens with one attached hydrogen (secondary N) is 1. The van der Waals surface area contributed by atoms with Crippen molar-refractivity contribution in [2.75, 3.05) is 6.54 Å². The molecule has 3 aromatic rings. The van der Waals surface area contributed by atoms with Gasteiger partial charge >= 0.3 is 0 Å². The number of benzene rings is 1. The second kappa shape index (κ2) is 7.29. The van der Waals surface area contributed by atoms with Gasteiger partial charge in [0.15, 0.2) is 0 Å². The Bertz CT molecular complexity index is 899. The number of sulfonamides is 1. The maximum absolute atomic E-state index is 12.2. The van der Waals surface area contributed by atoms with Crippen LogP contribution in [-0.2, 0) is 16.6 Å². The molecule has 0 aliphatic rings. The number of thiophene rings is 1. The largest absolute Gasteiger partial charge is 0.331 e. The number of hydrogen-bond acceptors (Lipinski definition) is 4. The third kappa shape index (κ3) is 3.92. The van der Waals surface area contributed by atoms with Crippen LogP contribution in [0.25, 0.3) is 11.4 Å². The fourth-order valence-electron chi connectivity index (χ4n) is 2.42. The average molecular weight is 361 g/mol. The van der Waals surface area contributed by atoms with Gasteiger partial charge < -0.3 is 4.57 Å². The van der Waals surface area contributed by atoms with Gasteiger partial charge in [0.1, 0.15) is 10.0 Å². The molecule has 0 fully saturated rings. The van der Waals surface area contributed by atoms with E-state index in [2.05, 4.69) is 9.71 Å². The van der Waals surface area contributed by atoms with Crippen molar-refractivity contribution in [1.82, 2.24) is 14.3 Å². The molecule has 1 N–H and O–H groups in total. The molecule has 5 nitrogen and oxygen atoms in total. The quantitative estimate of drug-likeness (QED) is 0.657. The van der Waals surface area contributed by atoms with Crippen molar-refractivity contribution in [2.24, 2.45) is 0 Å². The van der Waals surface area contributed by atoms with E-state index in [-0.39, 0.29) is 0 Å². The lowest BCUT2D eigenvalue weighted by atomic mass is 10.2. The minimum absolute atomic E-state index is 0.368. The lowest BCUT2D eigenvalue weighted by Gasteiger charge is -2.09. The molecule has 126 valence electrons. The van der Waals surface area contributed by atoms with Crippen molar-refractivity contribution in [3.05, 3.63) is 59.7 Å². The van der Waals surface area contributed by atoms with Crippen molar-refractivity contribution in [3.8, 4) is 11.4 Å². The number of rotatable bonds is 7. The van der Waals surface area contributed by atoms with Gasteiger partial charge in [-0.25, -0.2) is 18.1 Å². The van der Waals surface area contributed by atoms with Gasteiger partial charge in [0, 0.05) is 35.9 Å². The van der Waals surface area contributed by atoms with E-state index in [9.17, 15) is 8.42 Å². The van der Waals surface area contributed by atoms with Gasteiger partial charge in [0.2, 0.25) is 10.0 Å². The zero-order chi connectivity index (χ0) is 17.0. The van der Waals surface area contributed by atoms with Crippen LogP contribution in [0.2, 0.25) is 0 Å². The summed E-state index contributed by atoms with van der Waals surface area (Å²) in [4.78, 5) is 5.38. The maximum Gasteiger partial charge on any atom is 0.250 e. The summed E-state index contributed by atoms with van der Waals surface area (Å²) in [5, 5.41) is 0. The summed E-state index contributed by atoms with van der Waals surface area (Å²) < 4.78 is 29.4. The Hall–Kier alpha value is -1.96. The monoisotopic (exact) mass is 361 g/mol. The number of hydrogen-bond donors (Lipinski definition) is 1. The van der Waals surface area contributed by atoms with Crippen LogP contribution >= 0.6 is 11.3 Å². The van der Waals surface area contributed by atoms with E-state index in [0.29, 0.717) is 23.7 Å². The topological polar surface area (TPSA) is 64.0 Å². The summed E-state index contributed by atoms with van der Waals surface area (Å²) in [6, 6.07) is 13.4. The summed E-state index contributed by atoms with van der Waals surface area (Å²) in [6.07, 6.45) is 4.38. The van der Waals surface area contributed by atoms with E-state index in [1.54, 1.807) is 12.3 Å². The Morgan fingerprint density at radius 3 is 2.67 bits per heavy atom. The van der Waals surface area contributed by atoms with E-state index < -0.39 is 10.0 Å². The zero-order valence-electron chi connectivity index (χ0n) is 13.3. The Balaban J connectivity index is 1.57. The highest BCUT2D eigenvalue weighted by molar-refractivity contribution is 7.91. The van der Waals surface area contributed by atoms with Crippen molar-refractivity contribution in [1.29, 1.82) is 0 Å². The first-order valence-electron chi connectivity index (χ1n) is 7.69. The third-order valence-electron chi connectivity index (χ3n) is 3.60. The van der Waals surface area contributed by atoms with E-state index in [1.165, 1.54) is 11.3 Å². The highest BCUT2D eigenvalue weighted by atomic mass is 32.2. The predicted octanol–water partition coefficient (Wildman–Crippen LogP) is 3.29. The molecule has 1 aromatic carbocycles. The number of imidazole rings is 1. The molecule has 0 aliphatic carbocycles. The molecule has 0 saturated carbocycles. The molecule has 7 heteroatoms. The molecule has 24 heavy (non-hydrogen) atoms. The minimum Gasteiger partial charge on any atom is -0.331 e. The number of nitrogens with zero attached hydrogens (tertiary/aromatic N) is 2. The second-order valence-corrected chi connectivity index (χ2v) is 8.71. The normalized spacial score (nSPS) is 11.7. The molecule has 0 amide bonds. The smallest absolute Gasteiger partial charge is 0.250 e. The van der Waals surface area contributed by atoms with Crippen LogP contribution in [0.5, 0.6) is 0 Å². The zero-order valence-corrected chi connectivity index (χ0v) is 15.0. The van der Waals surface area contributed by atoms with Crippen LogP contribution in [-0.4, -0.2) is 24.5 Å². The minimum atomic E-state index is -3.40. The van der Waals surface area contributed by atoms with E-state index >= 15 is 0 Å². The average Bonchev–Trinajstić information content (AvgIpc) is 3.22. The van der Waals surface area contributed by atoms with Crippen LogP contribution in [0.15, 0.2) is 59.1 Å². The molecule has 0 unspecified atom stereocenters. The van der Waals surface area contributed by atoms with Crippen molar-refractivity contribution in [3.63, 3.8) is 0 Å². The Morgan fingerprint density at radius 2 is 1.96 bits per heavy atom. The summed E-state index contributed by atoms with van der Waals surface area (Å²) in [5.41, 5.74) is 1.05. The summed E-state index contributed by atoms with van der Waals surface area (Å²) in [7, 11) is -3.40. The van der Waals surface area contributed by atoms with Crippen molar-refractivity contribution in [2.45, 2.75) is 24.1 Å². The summed E-state index contributed by atoms with van der Waals surface area (Å²) in [6.45, 7) is 3.00. The lowest BCUT2D eigenvalue weighted by Crippen LogP contribution is -2.24. The van der Waals surface area contributed by atoms with Gasteiger partial charge in [-0.2, -0.15) is 0 Å². The van der Waals surface area contributed by atoms with E-state index in [0.717, 1.165) is 16.3 Å². The number of aryl methyl sites for hydroxylation is 2. The van der Waals surface area contributed by atoms with Crippen molar-refractivity contribution < 1.29 is 8.42 Å². The first kappa shape index (κ1) is 16.9. The first-order chi connectivity index (χ1) is 11.6. The third-order valence-corrected chi connectivity index (χ3v) is 6.55. The molecule has 0 radical (unpaired) electrons. The van der Waals surface area contributed by atoms with Gasteiger partial charge in [0.25, 0.3) is 0 Å². The molecular formula is C17H19N3O2S2. The Labute approximate surface area is 146 Å². The van der Waals surface area contributed by atoms with Gasteiger partial charge in [-0.1, -0.05) is 30.3 Å².